The van der Waals surface area contributed by atoms with Gasteiger partial charge in [-0.1, -0.05) is 162 Å². The van der Waals surface area contributed by atoms with Crippen molar-refractivity contribution in [1.82, 2.24) is 4.90 Å². The smallest absolute Gasteiger partial charge is 0.241 e. The minimum Gasteiger partial charge on any atom is -0.338 e. The van der Waals surface area contributed by atoms with Gasteiger partial charge in [0, 0.05) is 0 Å². The molecule has 6 heteroatoms. The molecule has 0 aliphatic heterocycles. The van der Waals surface area contributed by atoms with Crippen molar-refractivity contribution in [3.63, 3.8) is 0 Å². The molecule has 0 radical (unpaired) electrons. The normalized spacial score (nSPS) is 13.8. The molecule has 0 aromatic carbocycles. The van der Waals surface area contributed by atoms with Crippen molar-refractivity contribution in [1.29, 1.82) is 0 Å². The molecule has 0 aliphatic carbocycles. The molecule has 232 valence electrons. The summed E-state index contributed by atoms with van der Waals surface area (Å²) in [6, 6.07) is 0. The summed E-state index contributed by atoms with van der Waals surface area (Å²) in [5.41, 5.74) is -2.74. The summed E-state index contributed by atoms with van der Waals surface area (Å²) >= 11 is 8.49. The molecule has 2 unspecified atom stereocenters. The van der Waals surface area contributed by atoms with Crippen LogP contribution >= 0.6 is 17.9 Å². The molecule has 2 atom stereocenters. The topological polar surface area (TPSA) is 32.7 Å². The van der Waals surface area contributed by atoms with Gasteiger partial charge in [0.05, 0.1) is 6.61 Å². The predicted octanol–water partition coefficient (Wildman–Crippen LogP) is 11.7. The summed E-state index contributed by atoms with van der Waals surface area (Å²) in [4.78, 5) is 11.9. The van der Waals surface area contributed by atoms with Crippen molar-refractivity contribution in [2.24, 2.45) is 5.92 Å². The first-order valence-corrected chi connectivity index (χ1v) is 20.6. The van der Waals surface area contributed by atoms with E-state index in [0.717, 1.165) is 12.8 Å². The van der Waals surface area contributed by atoms with E-state index in [-0.39, 0.29) is 0 Å². The van der Waals surface area contributed by atoms with E-state index in [1.165, 1.54) is 148 Å². The highest BCUT2D eigenvalue weighted by Crippen LogP contribution is 2.47. The van der Waals surface area contributed by atoms with Crippen LogP contribution in [0.25, 0.3) is 0 Å². The number of thiol groups is 1. The third-order valence-corrected chi connectivity index (χ3v) is 8.65. The van der Waals surface area contributed by atoms with Crippen LogP contribution in [-0.2, 0) is 16.3 Å². The highest BCUT2D eigenvalue weighted by Gasteiger charge is 2.11. The fraction of sp³-hybridized carbons (Fsp3) is 1.00. The molecule has 0 aliphatic rings. The average Bonchev–Trinajstić information content (AvgIpc) is 2.89. The summed E-state index contributed by atoms with van der Waals surface area (Å²) in [6.07, 6.45) is 30.3. The van der Waals surface area contributed by atoms with Gasteiger partial charge in [0.1, 0.15) is 0 Å². The minimum atomic E-state index is -2.74. The van der Waals surface area contributed by atoms with E-state index in [2.05, 4.69) is 63.6 Å². The van der Waals surface area contributed by atoms with E-state index in [0.29, 0.717) is 12.5 Å². The molecule has 0 aromatic rings. The summed E-state index contributed by atoms with van der Waals surface area (Å²) in [7, 11) is 0. The van der Waals surface area contributed by atoms with E-state index < -0.39 is 5.69 Å². The van der Waals surface area contributed by atoms with Gasteiger partial charge in [-0.3, -0.25) is 0 Å². The summed E-state index contributed by atoms with van der Waals surface area (Å²) in [6.45, 7) is 15.8. The Hall–Kier alpha value is 0.880. The largest absolute Gasteiger partial charge is 0.338 e. The first kappa shape index (κ1) is 41.0. The van der Waals surface area contributed by atoms with Crippen molar-refractivity contribution >= 4 is 29.7 Å². The van der Waals surface area contributed by atoms with Crippen LogP contribution in [0.4, 0.5) is 0 Å². The van der Waals surface area contributed by atoms with Crippen molar-refractivity contribution in [3.8, 4) is 0 Å². The van der Waals surface area contributed by atoms with Crippen LogP contribution in [0.2, 0.25) is 0 Å². The lowest BCUT2D eigenvalue weighted by molar-refractivity contribution is 0.238. The van der Waals surface area contributed by atoms with Gasteiger partial charge in [-0.25, -0.2) is 0 Å². The van der Waals surface area contributed by atoms with Gasteiger partial charge in [0.2, 0.25) is 5.69 Å². The molecule has 1 N–H and O–H groups in total. The molecule has 38 heavy (non-hydrogen) atoms. The molecule has 0 aromatic heterocycles. The van der Waals surface area contributed by atoms with Crippen molar-refractivity contribution in [3.05, 3.63) is 0 Å². The summed E-state index contributed by atoms with van der Waals surface area (Å²) < 4.78 is 5.13. The monoisotopic (exact) mass is 595 g/mol. The molecule has 0 saturated carbocycles. The number of hydrogen-bond donors (Lipinski definition) is 2. The van der Waals surface area contributed by atoms with Gasteiger partial charge >= 0.3 is 0 Å². The summed E-state index contributed by atoms with van der Waals surface area (Å²) in [5.74, 6) is 0.515. The summed E-state index contributed by atoms with van der Waals surface area (Å²) in [5, 5.41) is 0. The van der Waals surface area contributed by atoms with Crippen LogP contribution in [-0.4, -0.2) is 36.0 Å². The van der Waals surface area contributed by atoms with Gasteiger partial charge in [-0.15, -0.1) is 0 Å². The van der Waals surface area contributed by atoms with Crippen molar-refractivity contribution < 1.29 is 9.42 Å². The van der Waals surface area contributed by atoms with Gasteiger partial charge < -0.3 is 14.3 Å². The number of hydrogen-bond acceptors (Lipinski definition) is 3. The maximum atomic E-state index is 9.16. The second-order valence-electron chi connectivity index (χ2n) is 11.3. The van der Waals surface area contributed by atoms with Crippen LogP contribution in [0.3, 0.4) is 0 Å². The zero-order chi connectivity index (χ0) is 28.7. The van der Waals surface area contributed by atoms with Crippen LogP contribution in [0.1, 0.15) is 176 Å². The Bertz CT molecular complexity index is 452. The second-order valence-corrected chi connectivity index (χ2v) is 16.5. The Morgan fingerprint density at radius 1 is 0.605 bits per heavy atom. The van der Waals surface area contributed by atoms with Gasteiger partial charge in [0.15, 0.2) is 0 Å². The SMILES string of the molecule is CCCCC(CC)COP(O)(=S)S.CCCCCCCCN(CCCCCCCC)CCCCCCCC. The minimum absolute atomic E-state index is 0.515. The van der Waals surface area contributed by atoms with Crippen LogP contribution in [0, 0.1) is 5.92 Å². The van der Waals surface area contributed by atoms with E-state index in [9.17, 15) is 0 Å². The zero-order valence-corrected chi connectivity index (χ0v) is 29.2. The molecule has 3 nitrogen and oxygen atoms in total. The van der Waals surface area contributed by atoms with Crippen LogP contribution in [0.15, 0.2) is 0 Å². The predicted molar refractivity (Wildman–Crippen MR) is 181 cm³/mol. The molecule has 0 spiro atoms. The van der Waals surface area contributed by atoms with Gasteiger partial charge in [0.25, 0.3) is 0 Å². The molecule has 0 bridgehead atoms. The van der Waals surface area contributed by atoms with E-state index >= 15 is 0 Å². The van der Waals surface area contributed by atoms with Crippen molar-refractivity contribution in [2.75, 3.05) is 26.2 Å². The third-order valence-electron chi connectivity index (χ3n) is 7.51. The molecule has 0 fully saturated rings. The van der Waals surface area contributed by atoms with Crippen molar-refractivity contribution in [2.45, 2.75) is 176 Å². The standard InChI is InChI=1S/C24H51N.C8H19O2PS2/c1-4-7-10-13-16-19-22-25(23-20-17-14-11-8-5-2)24-21-18-15-12-9-6-3;1-3-5-6-8(4-2)7-10-11(9,12)13/h4-24H2,1-3H3;8H,3-7H2,1-2H3,(H2,9,12,13). The molecule has 0 heterocycles. The fourth-order valence-corrected chi connectivity index (χ4v) is 5.57. The number of rotatable bonds is 28. The van der Waals surface area contributed by atoms with E-state index in [1.54, 1.807) is 0 Å². The molecule has 0 rings (SSSR count). The molecular formula is C32H70NO2PS2. The van der Waals surface area contributed by atoms with Gasteiger partial charge in [-0.2, -0.15) is 0 Å². The molecule has 0 saturated heterocycles. The maximum absolute atomic E-state index is 9.16. The van der Waals surface area contributed by atoms with E-state index in [4.69, 9.17) is 9.42 Å². The molecular weight excluding hydrogens is 525 g/mol. The zero-order valence-electron chi connectivity index (χ0n) is 26.6. The third kappa shape index (κ3) is 34.9. The maximum Gasteiger partial charge on any atom is 0.241 e. The lowest BCUT2D eigenvalue weighted by atomic mass is 10.0. The Kier molecular flexibility index (Phi) is 35.0. The first-order chi connectivity index (χ1) is 18.3. The lowest BCUT2D eigenvalue weighted by Gasteiger charge is -2.22. The Morgan fingerprint density at radius 2 is 0.947 bits per heavy atom. The van der Waals surface area contributed by atoms with Crippen LogP contribution in [0.5, 0.6) is 0 Å². The number of unbranched alkanes of at least 4 members (excludes halogenated alkanes) is 16. The fourth-order valence-electron chi connectivity index (χ4n) is 4.78. The highest BCUT2D eigenvalue weighted by atomic mass is 32.9. The van der Waals surface area contributed by atoms with Crippen LogP contribution < -0.4 is 0 Å². The Morgan fingerprint density at radius 3 is 1.26 bits per heavy atom. The highest BCUT2D eigenvalue weighted by molar-refractivity contribution is 8.59. The lowest BCUT2D eigenvalue weighted by Crippen LogP contribution is -2.27. The Labute approximate surface area is 251 Å². The Balaban J connectivity index is 0. The quantitative estimate of drug-likeness (QED) is 0.0535. The number of nitrogens with zero attached hydrogens (tertiary/aromatic N) is 1. The first-order valence-electron chi connectivity index (χ1n) is 16.8. The molecule has 0 amide bonds. The van der Waals surface area contributed by atoms with Gasteiger partial charge in [-0.05, 0) is 63.0 Å². The second kappa shape index (κ2) is 32.4. The van der Waals surface area contributed by atoms with E-state index in [1.807, 2.05) is 0 Å². The average molecular weight is 596 g/mol.